The number of thioether (sulfide) groups is 1. The fraction of sp³-hybridized carbons (Fsp3) is 0.333. The molecule has 2 aromatic rings. The summed E-state index contributed by atoms with van der Waals surface area (Å²) in [5, 5.41) is 2.61. The average Bonchev–Trinajstić information content (AvgIpc) is 3.43. The summed E-state index contributed by atoms with van der Waals surface area (Å²) in [6.45, 7) is 0.616. The van der Waals surface area contributed by atoms with Crippen molar-refractivity contribution in [3.8, 4) is 0 Å². The van der Waals surface area contributed by atoms with Crippen LogP contribution in [-0.4, -0.2) is 35.1 Å². The van der Waals surface area contributed by atoms with Crippen LogP contribution in [0, 0.1) is 0 Å². The fourth-order valence-electron chi connectivity index (χ4n) is 3.38. The summed E-state index contributed by atoms with van der Waals surface area (Å²) in [7, 11) is 1.63. The van der Waals surface area contributed by atoms with E-state index in [4.69, 9.17) is 0 Å². The second-order valence-corrected chi connectivity index (χ2v) is 8.14. The molecule has 0 bridgehead atoms. The van der Waals surface area contributed by atoms with Gasteiger partial charge in [0.25, 0.3) is 5.91 Å². The van der Waals surface area contributed by atoms with Gasteiger partial charge in [0.1, 0.15) is 0 Å². The van der Waals surface area contributed by atoms with Crippen LogP contribution < -0.4 is 5.32 Å². The number of nitrogens with zero attached hydrogens (tertiary/aromatic N) is 1. The Morgan fingerprint density at radius 2 is 1.85 bits per heavy atom. The minimum atomic E-state index is -0.0909. The van der Waals surface area contributed by atoms with Crippen LogP contribution in [-0.2, 0) is 17.8 Å². The van der Waals surface area contributed by atoms with Crippen molar-refractivity contribution < 1.29 is 9.59 Å². The Morgan fingerprint density at radius 1 is 1.12 bits per heavy atom. The highest BCUT2D eigenvalue weighted by Gasteiger charge is 2.38. The van der Waals surface area contributed by atoms with Crippen molar-refractivity contribution in [2.75, 3.05) is 7.05 Å². The summed E-state index contributed by atoms with van der Waals surface area (Å²) in [6.07, 6.45) is 3.00. The molecule has 0 spiro atoms. The van der Waals surface area contributed by atoms with Gasteiger partial charge in [-0.1, -0.05) is 30.3 Å². The molecule has 4 rings (SSSR count). The van der Waals surface area contributed by atoms with Gasteiger partial charge in [0.05, 0.1) is 5.25 Å². The van der Waals surface area contributed by atoms with Gasteiger partial charge in [0, 0.05) is 30.1 Å². The van der Waals surface area contributed by atoms with Crippen molar-refractivity contribution >= 4 is 23.6 Å². The van der Waals surface area contributed by atoms with E-state index in [1.165, 1.54) is 10.5 Å². The molecule has 1 heterocycles. The Labute approximate surface area is 158 Å². The van der Waals surface area contributed by atoms with E-state index in [-0.39, 0.29) is 17.1 Å². The second kappa shape index (κ2) is 7.16. The van der Waals surface area contributed by atoms with Gasteiger partial charge in [-0.05, 0) is 48.6 Å². The van der Waals surface area contributed by atoms with E-state index < -0.39 is 0 Å². The maximum atomic E-state index is 13.2. The molecule has 2 amide bonds. The summed E-state index contributed by atoms with van der Waals surface area (Å²) in [6, 6.07) is 16.2. The maximum Gasteiger partial charge on any atom is 0.251 e. The molecule has 1 fully saturated rings. The number of carbonyl (C=O) groups excluding carboxylic acids is 2. The number of hydrogen-bond donors (Lipinski definition) is 1. The summed E-state index contributed by atoms with van der Waals surface area (Å²) in [5.74, 6) is 0.149. The molecule has 1 atom stereocenters. The first-order chi connectivity index (χ1) is 12.7. The van der Waals surface area contributed by atoms with Gasteiger partial charge in [0.15, 0.2) is 0 Å². The van der Waals surface area contributed by atoms with E-state index >= 15 is 0 Å². The normalized spacial score (nSPS) is 18.3. The lowest BCUT2D eigenvalue weighted by Crippen LogP contribution is -2.38. The van der Waals surface area contributed by atoms with Crippen LogP contribution in [0.15, 0.2) is 53.4 Å². The highest BCUT2D eigenvalue weighted by atomic mass is 32.2. The molecule has 1 aliphatic carbocycles. The molecule has 26 heavy (non-hydrogen) atoms. The third-order valence-electron chi connectivity index (χ3n) is 4.99. The smallest absolute Gasteiger partial charge is 0.251 e. The van der Waals surface area contributed by atoms with Gasteiger partial charge >= 0.3 is 0 Å². The molecule has 2 aromatic carbocycles. The van der Waals surface area contributed by atoms with E-state index in [0.717, 1.165) is 24.8 Å². The van der Waals surface area contributed by atoms with E-state index in [0.29, 0.717) is 18.2 Å². The summed E-state index contributed by atoms with van der Waals surface area (Å²) in [5.41, 5.74) is 2.99. The predicted molar refractivity (Wildman–Crippen MR) is 103 cm³/mol. The van der Waals surface area contributed by atoms with Crippen molar-refractivity contribution in [3.05, 3.63) is 65.2 Å². The standard InChI is InChI=1S/C21H22N2O2S/c1-22-20(24)15-8-6-14(7-9-15)13-23(17-10-11-17)21(25)19-12-16-4-2-3-5-18(16)26-19/h2-9,17,19H,10-13H2,1H3,(H,22,24)/t19-/m0/s1. The van der Waals surface area contributed by atoms with Gasteiger partial charge in [-0.15, -0.1) is 11.8 Å². The zero-order chi connectivity index (χ0) is 18.1. The van der Waals surface area contributed by atoms with Crippen LogP contribution in [0.4, 0.5) is 0 Å². The van der Waals surface area contributed by atoms with Crippen molar-refractivity contribution in [1.29, 1.82) is 0 Å². The number of amides is 2. The zero-order valence-electron chi connectivity index (χ0n) is 14.8. The van der Waals surface area contributed by atoms with Crippen LogP contribution in [0.25, 0.3) is 0 Å². The average molecular weight is 366 g/mol. The quantitative estimate of drug-likeness (QED) is 0.884. The SMILES string of the molecule is CNC(=O)c1ccc(CN(C(=O)[C@@H]2Cc3ccccc3S2)C2CC2)cc1. The van der Waals surface area contributed by atoms with Crippen LogP contribution in [0.5, 0.6) is 0 Å². The maximum absolute atomic E-state index is 13.2. The van der Waals surface area contributed by atoms with E-state index in [2.05, 4.69) is 17.4 Å². The van der Waals surface area contributed by atoms with Crippen molar-refractivity contribution in [3.63, 3.8) is 0 Å². The molecule has 0 radical (unpaired) electrons. The van der Waals surface area contributed by atoms with Gasteiger partial charge in [-0.3, -0.25) is 9.59 Å². The molecule has 1 N–H and O–H groups in total. The number of benzene rings is 2. The van der Waals surface area contributed by atoms with Gasteiger partial charge < -0.3 is 10.2 Å². The molecular weight excluding hydrogens is 344 g/mol. The molecule has 0 aromatic heterocycles. The molecule has 0 saturated heterocycles. The molecule has 1 aliphatic heterocycles. The zero-order valence-corrected chi connectivity index (χ0v) is 15.6. The lowest BCUT2D eigenvalue weighted by atomic mass is 10.1. The largest absolute Gasteiger partial charge is 0.355 e. The first-order valence-corrected chi connectivity index (χ1v) is 9.90. The van der Waals surface area contributed by atoms with Gasteiger partial charge in [0.2, 0.25) is 5.91 Å². The van der Waals surface area contributed by atoms with Crippen molar-refractivity contribution in [2.24, 2.45) is 0 Å². The molecular formula is C21H22N2O2S. The van der Waals surface area contributed by atoms with Gasteiger partial charge in [-0.25, -0.2) is 0 Å². The molecule has 2 aliphatic rings. The third kappa shape index (κ3) is 3.49. The molecule has 0 unspecified atom stereocenters. The Bertz CT molecular complexity index is 805. The van der Waals surface area contributed by atoms with Crippen LogP contribution in [0.1, 0.15) is 34.3 Å². The first kappa shape index (κ1) is 17.2. The van der Waals surface area contributed by atoms with E-state index in [1.807, 2.05) is 41.3 Å². The molecule has 4 nitrogen and oxygen atoms in total. The number of rotatable bonds is 5. The highest BCUT2D eigenvalue weighted by molar-refractivity contribution is 8.01. The Hall–Kier alpha value is -2.27. The molecule has 1 saturated carbocycles. The van der Waals surface area contributed by atoms with Gasteiger partial charge in [-0.2, -0.15) is 0 Å². The van der Waals surface area contributed by atoms with Crippen LogP contribution in [0.3, 0.4) is 0 Å². The Kier molecular flexibility index (Phi) is 4.72. The number of fused-ring (bicyclic) bond motifs is 1. The summed E-state index contributed by atoms with van der Waals surface area (Å²) >= 11 is 1.69. The van der Waals surface area contributed by atoms with E-state index in [9.17, 15) is 9.59 Å². The summed E-state index contributed by atoms with van der Waals surface area (Å²) in [4.78, 5) is 28.1. The monoisotopic (exact) mass is 366 g/mol. The van der Waals surface area contributed by atoms with Crippen LogP contribution in [0.2, 0.25) is 0 Å². The van der Waals surface area contributed by atoms with E-state index in [1.54, 1.807) is 18.8 Å². The second-order valence-electron chi connectivity index (χ2n) is 6.89. The predicted octanol–water partition coefficient (Wildman–Crippen LogP) is 3.25. The van der Waals surface area contributed by atoms with Crippen molar-refractivity contribution in [1.82, 2.24) is 10.2 Å². The Morgan fingerprint density at radius 3 is 2.50 bits per heavy atom. The Balaban J connectivity index is 1.47. The lowest BCUT2D eigenvalue weighted by molar-refractivity contribution is -0.131. The number of hydrogen-bond acceptors (Lipinski definition) is 3. The lowest BCUT2D eigenvalue weighted by Gasteiger charge is -2.25. The molecule has 134 valence electrons. The van der Waals surface area contributed by atoms with Crippen LogP contribution >= 0.6 is 11.8 Å². The minimum absolute atomic E-state index is 0.0156. The number of carbonyl (C=O) groups is 2. The topological polar surface area (TPSA) is 49.4 Å². The molecule has 5 heteroatoms. The minimum Gasteiger partial charge on any atom is -0.355 e. The van der Waals surface area contributed by atoms with Crippen molar-refractivity contribution in [2.45, 2.75) is 42.0 Å². The fourth-order valence-corrected chi connectivity index (χ4v) is 4.65. The third-order valence-corrected chi connectivity index (χ3v) is 6.29. The summed E-state index contributed by atoms with van der Waals surface area (Å²) < 4.78 is 0. The highest BCUT2D eigenvalue weighted by Crippen LogP contribution is 2.39. The first-order valence-electron chi connectivity index (χ1n) is 9.02. The number of nitrogens with one attached hydrogen (secondary N) is 1.